The van der Waals surface area contributed by atoms with Gasteiger partial charge in [-0.3, -0.25) is 9.29 Å². The lowest BCUT2D eigenvalue weighted by Crippen LogP contribution is -2.31. The van der Waals surface area contributed by atoms with E-state index in [-0.39, 0.29) is 12.2 Å². The third-order valence-electron chi connectivity index (χ3n) is 3.05. The molecule has 0 atom stereocenters. The molecule has 0 unspecified atom stereocenters. The van der Waals surface area contributed by atoms with Crippen molar-refractivity contribution in [1.82, 2.24) is 4.98 Å². The first-order valence-corrected chi connectivity index (χ1v) is 8.29. The molecule has 124 valence electrons. The minimum absolute atomic E-state index is 0.0397. The quantitative estimate of drug-likeness (QED) is 0.824. The first-order valence-electron chi connectivity index (χ1n) is 6.47. The van der Waals surface area contributed by atoms with Gasteiger partial charge in [-0.25, -0.2) is 8.42 Å². The molecule has 0 radical (unpaired) electrons. The molecular weight excluding hydrogens is 353 g/mol. The Kier molecular flexibility index (Phi) is 4.86. The van der Waals surface area contributed by atoms with Crippen molar-refractivity contribution in [1.29, 1.82) is 0 Å². The normalized spacial score (nSPS) is 12.2. The zero-order valence-corrected chi connectivity index (χ0v) is 13.5. The fraction of sp³-hybridized carbons (Fsp3) is 0.214. The maximum atomic E-state index is 12.9. The van der Waals surface area contributed by atoms with Gasteiger partial charge in [0.1, 0.15) is 0 Å². The molecular formula is C14H12ClF3N2O2S. The SMILES string of the molecule is CCN(c1cccnc1)S(=O)(=O)c1ccc(Cl)c(C(F)(F)F)c1. The molecule has 0 N–H and O–H groups in total. The highest BCUT2D eigenvalue weighted by molar-refractivity contribution is 7.92. The van der Waals surface area contributed by atoms with Crippen molar-refractivity contribution in [2.75, 3.05) is 10.8 Å². The Morgan fingerprint density at radius 2 is 1.96 bits per heavy atom. The van der Waals surface area contributed by atoms with Crippen molar-refractivity contribution in [3.05, 3.63) is 53.3 Å². The summed E-state index contributed by atoms with van der Waals surface area (Å²) >= 11 is 5.52. The smallest absolute Gasteiger partial charge is 0.265 e. The van der Waals surface area contributed by atoms with E-state index in [0.717, 1.165) is 16.4 Å². The largest absolute Gasteiger partial charge is 0.417 e. The van der Waals surface area contributed by atoms with Crippen LogP contribution in [0, 0.1) is 0 Å². The standard InChI is InChI=1S/C14H12ClF3N2O2S/c1-2-20(10-4-3-7-19-9-10)23(21,22)11-5-6-13(15)12(8-11)14(16,17)18/h3-9H,2H2,1H3. The van der Waals surface area contributed by atoms with Crippen LogP contribution in [0.25, 0.3) is 0 Å². The Morgan fingerprint density at radius 3 is 2.48 bits per heavy atom. The predicted octanol–water partition coefficient (Wildman–Crippen LogP) is 3.97. The highest BCUT2D eigenvalue weighted by atomic mass is 35.5. The van der Waals surface area contributed by atoms with Crippen LogP contribution in [0.3, 0.4) is 0 Å². The number of hydrogen-bond acceptors (Lipinski definition) is 3. The molecule has 1 heterocycles. The summed E-state index contributed by atoms with van der Waals surface area (Å²) in [7, 11) is -4.17. The van der Waals surface area contributed by atoms with Gasteiger partial charge in [0.2, 0.25) is 0 Å². The van der Waals surface area contributed by atoms with E-state index in [4.69, 9.17) is 11.6 Å². The van der Waals surface area contributed by atoms with Crippen molar-refractivity contribution < 1.29 is 21.6 Å². The number of pyridine rings is 1. The van der Waals surface area contributed by atoms with Crippen LogP contribution in [0.5, 0.6) is 0 Å². The summed E-state index contributed by atoms with van der Waals surface area (Å²) in [4.78, 5) is 3.34. The molecule has 0 aliphatic heterocycles. The second kappa shape index (κ2) is 6.37. The van der Waals surface area contributed by atoms with Gasteiger partial charge in [0.25, 0.3) is 10.0 Å². The molecule has 2 rings (SSSR count). The molecule has 23 heavy (non-hydrogen) atoms. The Bertz CT molecular complexity index is 795. The molecule has 0 aliphatic rings. The average Bonchev–Trinajstić information content (AvgIpc) is 2.47. The molecule has 2 aromatic rings. The predicted molar refractivity (Wildman–Crippen MR) is 80.9 cm³/mol. The molecule has 0 saturated carbocycles. The number of halogens is 4. The lowest BCUT2D eigenvalue weighted by atomic mass is 10.2. The average molecular weight is 365 g/mol. The van der Waals surface area contributed by atoms with E-state index in [2.05, 4.69) is 4.98 Å². The fourth-order valence-corrected chi connectivity index (χ4v) is 3.71. The minimum atomic E-state index is -4.74. The second-order valence-corrected chi connectivity index (χ2v) is 6.79. The van der Waals surface area contributed by atoms with E-state index in [1.807, 2.05) is 0 Å². The maximum absolute atomic E-state index is 12.9. The third kappa shape index (κ3) is 3.59. The van der Waals surface area contributed by atoms with Crippen LogP contribution in [0.2, 0.25) is 5.02 Å². The zero-order valence-electron chi connectivity index (χ0n) is 11.9. The summed E-state index contributed by atoms with van der Waals surface area (Å²) in [5.74, 6) is 0. The molecule has 0 spiro atoms. The van der Waals surface area contributed by atoms with E-state index in [1.165, 1.54) is 24.5 Å². The number of aromatic nitrogens is 1. The van der Waals surface area contributed by atoms with Crippen LogP contribution in [-0.4, -0.2) is 19.9 Å². The number of nitrogens with zero attached hydrogens (tertiary/aromatic N) is 2. The molecule has 0 aliphatic carbocycles. The van der Waals surface area contributed by atoms with E-state index < -0.39 is 31.7 Å². The van der Waals surface area contributed by atoms with Crippen molar-refractivity contribution in [2.45, 2.75) is 18.0 Å². The first kappa shape index (κ1) is 17.6. The Labute approximate surface area is 136 Å². The van der Waals surface area contributed by atoms with Gasteiger partial charge >= 0.3 is 6.18 Å². The molecule has 1 aromatic carbocycles. The number of anilines is 1. The third-order valence-corrected chi connectivity index (χ3v) is 5.28. The number of benzene rings is 1. The van der Waals surface area contributed by atoms with Crippen molar-refractivity contribution in [3.63, 3.8) is 0 Å². The van der Waals surface area contributed by atoms with Gasteiger partial charge in [0, 0.05) is 12.7 Å². The number of hydrogen-bond donors (Lipinski definition) is 0. The molecule has 0 amide bonds. The summed E-state index contributed by atoms with van der Waals surface area (Å²) in [6.07, 6.45) is -1.95. The van der Waals surface area contributed by atoms with Gasteiger partial charge < -0.3 is 0 Å². The highest BCUT2D eigenvalue weighted by Crippen LogP contribution is 2.36. The second-order valence-electron chi connectivity index (χ2n) is 4.52. The molecule has 0 saturated heterocycles. The van der Waals surface area contributed by atoms with Gasteiger partial charge in [-0.05, 0) is 37.3 Å². The van der Waals surface area contributed by atoms with Crippen LogP contribution in [0.4, 0.5) is 18.9 Å². The number of rotatable bonds is 4. The number of alkyl halides is 3. The Hall–Kier alpha value is -1.80. The maximum Gasteiger partial charge on any atom is 0.417 e. The van der Waals surface area contributed by atoms with Crippen molar-refractivity contribution >= 4 is 27.3 Å². The lowest BCUT2D eigenvalue weighted by molar-refractivity contribution is -0.137. The van der Waals surface area contributed by atoms with Gasteiger partial charge in [-0.1, -0.05) is 11.6 Å². The van der Waals surface area contributed by atoms with Crippen LogP contribution < -0.4 is 4.31 Å². The Morgan fingerprint density at radius 1 is 1.26 bits per heavy atom. The highest BCUT2D eigenvalue weighted by Gasteiger charge is 2.35. The van der Waals surface area contributed by atoms with Gasteiger partial charge in [-0.15, -0.1) is 0 Å². The zero-order chi connectivity index (χ0) is 17.3. The van der Waals surface area contributed by atoms with Gasteiger partial charge in [0.15, 0.2) is 0 Å². The van der Waals surface area contributed by atoms with Crippen molar-refractivity contribution in [3.8, 4) is 0 Å². The lowest BCUT2D eigenvalue weighted by Gasteiger charge is -2.23. The topological polar surface area (TPSA) is 50.3 Å². The number of sulfonamides is 1. The summed E-state index contributed by atoms with van der Waals surface area (Å²) in [5, 5.41) is -0.555. The molecule has 9 heteroatoms. The Balaban J connectivity index is 2.55. The summed E-state index contributed by atoms with van der Waals surface area (Å²) in [6, 6.07) is 5.56. The van der Waals surface area contributed by atoms with E-state index in [1.54, 1.807) is 6.92 Å². The van der Waals surface area contributed by atoms with E-state index >= 15 is 0 Å². The molecule has 0 bridgehead atoms. The van der Waals surface area contributed by atoms with Gasteiger partial charge in [0.05, 0.1) is 27.4 Å². The molecule has 0 fully saturated rings. The molecule has 4 nitrogen and oxygen atoms in total. The molecule has 1 aromatic heterocycles. The minimum Gasteiger partial charge on any atom is -0.265 e. The first-order chi connectivity index (χ1) is 10.7. The van der Waals surface area contributed by atoms with Gasteiger partial charge in [-0.2, -0.15) is 13.2 Å². The fourth-order valence-electron chi connectivity index (χ4n) is 2.00. The monoisotopic (exact) mass is 364 g/mol. The van der Waals surface area contributed by atoms with Crippen LogP contribution >= 0.6 is 11.6 Å². The summed E-state index contributed by atoms with van der Waals surface area (Å²) < 4.78 is 65.0. The van der Waals surface area contributed by atoms with Crippen LogP contribution in [-0.2, 0) is 16.2 Å². The van der Waals surface area contributed by atoms with Crippen molar-refractivity contribution in [2.24, 2.45) is 0 Å². The van der Waals surface area contributed by atoms with E-state index in [9.17, 15) is 21.6 Å². The van der Waals surface area contributed by atoms with Crippen LogP contribution in [0.15, 0.2) is 47.6 Å². The summed E-state index contributed by atoms with van der Waals surface area (Å²) in [5.41, 5.74) is -0.930. The van der Waals surface area contributed by atoms with E-state index in [0.29, 0.717) is 6.07 Å². The summed E-state index contributed by atoms with van der Waals surface area (Å²) in [6.45, 7) is 1.61. The van der Waals surface area contributed by atoms with Crippen LogP contribution in [0.1, 0.15) is 12.5 Å².